The third-order valence-electron chi connectivity index (χ3n) is 3.91. The van der Waals surface area contributed by atoms with E-state index in [1.807, 2.05) is 30.3 Å². The van der Waals surface area contributed by atoms with Crippen molar-refractivity contribution in [2.75, 3.05) is 19.0 Å². The zero-order valence-corrected chi connectivity index (χ0v) is 14.9. The van der Waals surface area contributed by atoms with E-state index in [9.17, 15) is 9.59 Å². The SMILES string of the molecule is COc1ccccc1CN(CCC(=O)Nc1ccc(C#N)cc1)C(C)=O. The van der Waals surface area contributed by atoms with Crippen molar-refractivity contribution in [3.8, 4) is 11.8 Å². The molecule has 0 heterocycles. The van der Waals surface area contributed by atoms with Crippen LogP contribution in [0.5, 0.6) is 5.75 Å². The monoisotopic (exact) mass is 351 g/mol. The topological polar surface area (TPSA) is 82.4 Å². The van der Waals surface area contributed by atoms with E-state index >= 15 is 0 Å². The van der Waals surface area contributed by atoms with Crippen LogP contribution in [0.4, 0.5) is 5.69 Å². The van der Waals surface area contributed by atoms with Crippen LogP contribution in [-0.4, -0.2) is 30.4 Å². The van der Waals surface area contributed by atoms with Gasteiger partial charge in [0.25, 0.3) is 0 Å². The molecule has 2 rings (SSSR count). The van der Waals surface area contributed by atoms with Crippen LogP contribution < -0.4 is 10.1 Å². The molecule has 0 aliphatic heterocycles. The number of nitriles is 1. The zero-order chi connectivity index (χ0) is 18.9. The Hall–Kier alpha value is -3.33. The van der Waals surface area contributed by atoms with E-state index in [1.54, 1.807) is 36.3 Å². The molecular formula is C20H21N3O3. The molecule has 6 heteroatoms. The number of rotatable bonds is 7. The van der Waals surface area contributed by atoms with Gasteiger partial charge in [0.1, 0.15) is 5.75 Å². The highest BCUT2D eigenvalue weighted by Crippen LogP contribution is 2.19. The largest absolute Gasteiger partial charge is 0.496 e. The number of para-hydroxylation sites is 1. The Labute approximate surface area is 153 Å². The van der Waals surface area contributed by atoms with Crippen LogP contribution in [0.1, 0.15) is 24.5 Å². The molecule has 2 aromatic carbocycles. The average molecular weight is 351 g/mol. The van der Waals surface area contributed by atoms with Crippen molar-refractivity contribution in [1.82, 2.24) is 4.90 Å². The maximum atomic E-state index is 12.1. The summed E-state index contributed by atoms with van der Waals surface area (Å²) < 4.78 is 5.31. The molecule has 0 unspecified atom stereocenters. The van der Waals surface area contributed by atoms with Crippen LogP contribution in [0, 0.1) is 11.3 Å². The molecule has 0 atom stereocenters. The molecule has 0 spiro atoms. The highest BCUT2D eigenvalue weighted by molar-refractivity contribution is 5.91. The summed E-state index contributed by atoms with van der Waals surface area (Å²) in [4.78, 5) is 25.7. The van der Waals surface area contributed by atoms with Crippen molar-refractivity contribution in [3.63, 3.8) is 0 Å². The van der Waals surface area contributed by atoms with Crippen LogP contribution in [0.25, 0.3) is 0 Å². The molecule has 26 heavy (non-hydrogen) atoms. The Morgan fingerprint density at radius 3 is 2.46 bits per heavy atom. The summed E-state index contributed by atoms with van der Waals surface area (Å²) in [7, 11) is 1.59. The molecule has 134 valence electrons. The second kappa shape index (κ2) is 9.23. The number of anilines is 1. The van der Waals surface area contributed by atoms with Crippen LogP contribution in [0.15, 0.2) is 48.5 Å². The lowest BCUT2D eigenvalue weighted by atomic mass is 10.1. The number of ether oxygens (including phenoxy) is 1. The van der Waals surface area contributed by atoms with E-state index in [4.69, 9.17) is 10.00 Å². The van der Waals surface area contributed by atoms with E-state index in [0.717, 1.165) is 5.56 Å². The van der Waals surface area contributed by atoms with Crippen molar-refractivity contribution in [2.24, 2.45) is 0 Å². The smallest absolute Gasteiger partial charge is 0.226 e. The summed E-state index contributed by atoms with van der Waals surface area (Å²) in [5.74, 6) is 0.406. The molecule has 0 bridgehead atoms. The van der Waals surface area contributed by atoms with Crippen molar-refractivity contribution in [3.05, 3.63) is 59.7 Å². The fourth-order valence-electron chi connectivity index (χ4n) is 2.48. The van der Waals surface area contributed by atoms with Gasteiger partial charge in [-0.1, -0.05) is 18.2 Å². The number of hydrogen-bond donors (Lipinski definition) is 1. The summed E-state index contributed by atoms with van der Waals surface area (Å²) in [5, 5.41) is 11.5. The van der Waals surface area contributed by atoms with Gasteiger partial charge >= 0.3 is 0 Å². The van der Waals surface area contributed by atoms with Gasteiger partial charge in [-0.15, -0.1) is 0 Å². The number of amides is 2. The Balaban J connectivity index is 1.94. The standard InChI is InChI=1S/C20H21N3O3/c1-15(24)23(14-17-5-3-4-6-19(17)26-2)12-11-20(25)22-18-9-7-16(13-21)8-10-18/h3-10H,11-12,14H2,1-2H3,(H,22,25). The predicted molar refractivity (Wildman–Crippen MR) is 98.5 cm³/mol. The molecule has 0 saturated heterocycles. The van der Waals surface area contributed by atoms with Crippen molar-refractivity contribution in [2.45, 2.75) is 19.9 Å². The second-order valence-corrected chi connectivity index (χ2v) is 5.74. The quantitative estimate of drug-likeness (QED) is 0.831. The average Bonchev–Trinajstić information content (AvgIpc) is 2.65. The van der Waals surface area contributed by atoms with E-state index < -0.39 is 0 Å². The number of nitrogens with one attached hydrogen (secondary N) is 1. The summed E-state index contributed by atoms with van der Waals surface area (Å²) in [6.45, 7) is 2.16. The number of methoxy groups -OCH3 is 1. The van der Waals surface area contributed by atoms with Crippen LogP contribution in [-0.2, 0) is 16.1 Å². The van der Waals surface area contributed by atoms with Crippen molar-refractivity contribution < 1.29 is 14.3 Å². The van der Waals surface area contributed by atoms with Gasteiger partial charge in [-0.05, 0) is 30.3 Å². The van der Waals surface area contributed by atoms with E-state index in [2.05, 4.69) is 5.32 Å². The lowest BCUT2D eigenvalue weighted by Crippen LogP contribution is -2.31. The highest BCUT2D eigenvalue weighted by atomic mass is 16.5. The van der Waals surface area contributed by atoms with Crippen molar-refractivity contribution >= 4 is 17.5 Å². The van der Waals surface area contributed by atoms with E-state index in [0.29, 0.717) is 30.1 Å². The molecule has 6 nitrogen and oxygen atoms in total. The fourth-order valence-corrected chi connectivity index (χ4v) is 2.48. The first-order valence-electron chi connectivity index (χ1n) is 8.21. The Bertz CT molecular complexity index is 810. The lowest BCUT2D eigenvalue weighted by molar-refractivity contribution is -0.129. The van der Waals surface area contributed by atoms with Gasteiger partial charge < -0.3 is 15.0 Å². The Morgan fingerprint density at radius 2 is 1.85 bits per heavy atom. The molecular weight excluding hydrogens is 330 g/mol. The minimum atomic E-state index is -0.194. The van der Waals surface area contributed by atoms with Gasteiger partial charge in [0, 0.05) is 37.7 Å². The number of hydrogen-bond acceptors (Lipinski definition) is 4. The fraction of sp³-hybridized carbons (Fsp3) is 0.250. The minimum absolute atomic E-state index is 0.109. The highest BCUT2D eigenvalue weighted by Gasteiger charge is 2.14. The molecule has 0 saturated carbocycles. The second-order valence-electron chi connectivity index (χ2n) is 5.74. The lowest BCUT2D eigenvalue weighted by Gasteiger charge is -2.22. The summed E-state index contributed by atoms with van der Waals surface area (Å²) in [5.41, 5.74) is 2.04. The van der Waals surface area contributed by atoms with Crippen LogP contribution in [0.3, 0.4) is 0 Å². The molecule has 2 aromatic rings. The van der Waals surface area contributed by atoms with Gasteiger partial charge in [-0.2, -0.15) is 5.26 Å². The molecule has 0 aliphatic rings. The Kier molecular flexibility index (Phi) is 6.75. The van der Waals surface area contributed by atoms with Gasteiger partial charge in [0.05, 0.1) is 18.7 Å². The third-order valence-corrected chi connectivity index (χ3v) is 3.91. The molecule has 0 radical (unpaired) electrons. The van der Waals surface area contributed by atoms with E-state index in [-0.39, 0.29) is 18.2 Å². The maximum Gasteiger partial charge on any atom is 0.226 e. The number of carbonyl (C=O) groups is 2. The first-order valence-corrected chi connectivity index (χ1v) is 8.21. The molecule has 0 aromatic heterocycles. The zero-order valence-electron chi connectivity index (χ0n) is 14.9. The summed E-state index contributed by atoms with van der Waals surface area (Å²) >= 11 is 0. The first kappa shape index (κ1) is 19.0. The van der Waals surface area contributed by atoms with Gasteiger partial charge in [0.15, 0.2) is 0 Å². The van der Waals surface area contributed by atoms with E-state index in [1.165, 1.54) is 6.92 Å². The van der Waals surface area contributed by atoms with Gasteiger partial charge in [0.2, 0.25) is 11.8 Å². The number of nitrogens with zero attached hydrogens (tertiary/aromatic N) is 2. The van der Waals surface area contributed by atoms with Gasteiger partial charge in [-0.3, -0.25) is 9.59 Å². The summed E-state index contributed by atoms with van der Waals surface area (Å²) in [6.07, 6.45) is 0.175. The van der Waals surface area contributed by atoms with Crippen LogP contribution in [0.2, 0.25) is 0 Å². The predicted octanol–water partition coefficient (Wildman–Crippen LogP) is 2.94. The van der Waals surface area contributed by atoms with Crippen molar-refractivity contribution in [1.29, 1.82) is 5.26 Å². The van der Waals surface area contributed by atoms with Crippen LogP contribution >= 0.6 is 0 Å². The first-order chi connectivity index (χ1) is 12.5. The normalized spacial score (nSPS) is 9.88. The Morgan fingerprint density at radius 1 is 1.15 bits per heavy atom. The minimum Gasteiger partial charge on any atom is -0.496 e. The molecule has 2 amide bonds. The molecule has 0 fully saturated rings. The van der Waals surface area contributed by atoms with Gasteiger partial charge in [-0.25, -0.2) is 0 Å². The third kappa shape index (κ3) is 5.35. The maximum absolute atomic E-state index is 12.1. The molecule has 1 N–H and O–H groups in total. The number of benzene rings is 2. The number of carbonyl (C=O) groups excluding carboxylic acids is 2. The summed E-state index contributed by atoms with van der Waals surface area (Å²) in [6, 6.07) is 16.1. The molecule has 0 aliphatic carbocycles.